The van der Waals surface area contributed by atoms with Gasteiger partial charge in [0.1, 0.15) is 11.5 Å². The predicted molar refractivity (Wildman–Crippen MR) is 129 cm³/mol. The number of benzene rings is 2. The van der Waals surface area contributed by atoms with Gasteiger partial charge in [0, 0.05) is 24.2 Å². The van der Waals surface area contributed by atoms with Crippen molar-refractivity contribution < 1.29 is 24.0 Å². The third kappa shape index (κ3) is 6.22. The molecule has 2 aromatic rings. The Morgan fingerprint density at radius 2 is 1.76 bits per heavy atom. The number of methoxy groups -OCH3 is 2. The number of nitro benzene ring substituents is 1. The lowest BCUT2D eigenvalue weighted by atomic mass is 9.86. The molecule has 10 nitrogen and oxygen atoms in total. The monoisotopic (exact) mass is 470 g/mol. The molecule has 3 rings (SSSR count). The van der Waals surface area contributed by atoms with Gasteiger partial charge in [-0.2, -0.15) is 0 Å². The van der Waals surface area contributed by atoms with Crippen LogP contribution < -0.4 is 25.4 Å². The summed E-state index contributed by atoms with van der Waals surface area (Å²) in [5.74, 6) is 0.424. The first kappa shape index (κ1) is 25.0. The summed E-state index contributed by atoms with van der Waals surface area (Å²) < 4.78 is 10.5. The molecule has 10 heteroatoms. The van der Waals surface area contributed by atoms with Crippen LogP contribution in [0.4, 0.5) is 17.1 Å². The highest BCUT2D eigenvalue weighted by molar-refractivity contribution is 6.11. The van der Waals surface area contributed by atoms with E-state index in [0.29, 0.717) is 23.1 Å². The molecule has 0 radical (unpaired) electrons. The van der Waals surface area contributed by atoms with Crippen LogP contribution in [0.3, 0.4) is 0 Å². The van der Waals surface area contributed by atoms with Crippen LogP contribution in [0.5, 0.6) is 11.5 Å². The molecule has 0 aliphatic heterocycles. The lowest BCUT2D eigenvalue weighted by molar-refractivity contribution is -0.384. The van der Waals surface area contributed by atoms with Crippen LogP contribution in [0.1, 0.15) is 43.0 Å². The van der Waals surface area contributed by atoms with Crippen LogP contribution >= 0.6 is 0 Å². The maximum absolute atomic E-state index is 13.1. The summed E-state index contributed by atoms with van der Waals surface area (Å²) in [6, 6.07) is 8.85. The number of amides is 2. The van der Waals surface area contributed by atoms with Gasteiger partial charge in [-0.25, -0.2) is 0 Å². The second-order valence-corrected chi connectivity index (χ2v) is 8.30. The number of nitrogens with zero attached hydrogens (tertiary/aromatic N) is 1. The Morgan fingerprint density at radius 1 is 1.03 bits per heavy atom. The molecule has 0 bridgehead atoms. The maximum atomic E-state index is 13.1. The number of ether oxygens (including phenoxy) is 2. The van der Waals surface area contributed by atoms with Crippen LogP contribution in [-0.4, -0.2) is 43.5 Å². The molecule has 2 atom stereocenters. The third-order valence-corrected chi connectivity index (χ3v) is 6.03. The van der Waals surface area contributed by atoms with Gasteiger partial charge in [0.15, 0.2) is 0 Å². The quantitative estimate of drug-likeness (QED) is 0.373. The summed E-state index contributed by atoms with van der Waals surface area (Å²) in [7, 11) is 2.96. The second-order valence-electron chi connectivity index (χ2n) is 8.30. The number of anilines is 2. The van der Waals surface area contributed by atoms with Crippen LogP contribution in [0, 0.1) is 16.0 Å². The molecule has 2 amide bonds. The van der Waals surface area contributed by atoms with Crippen LogP contribution in [0.15, 0.2) is 36.4 Å². The molecular formula is C24H30N4O6. The van der Waals surface area contributed by atoms with Crippen LogP contribution in [-0.2, 0) is 4.79 Å². The molecule has 1 aliphatic carbocycles. The molecule has 0 aromatic heterocycles. The van der Waals surface area contributed by atoms with Crippen molar-refractivity contribution in [2.24, 2.45) is 5.92 Å². The Bertz CT molecular complexity index is 1060. The fourth-order valence-corrected chi connectivity index (χ4v) is 4.07. The van der Waals surface area contributed by atoms with Crippen molar-refractivity contribution in [1.82, 2.24) is 5.32 Å². The molecule has 1 aliphatic rings. The summed E-state index contributed by atoms with van der Waals surface area (Å²) in [5, 5.41) is 20.0. The Labute approximate surface area is 198 Å². The Morgan fingerprint density at radius 3 is 2.44 bits per heavy atom. The van der Waals surface area contributed by atoms with E-state index in [1.807, 2.05) is 0 Å². The fourth-order valence-electron chi connectivity index (χ4n) is 4.07. The molecule has 1 saturated carbocycles. The van der Waals surface area contributed by atoms with Crippen LogP contribution in [0.25, 0.3) is 0 Å². The Kier molecular flexibility index (Phi) is 8.42. The lowest BCUT2D eigenvalue weighted by Crippen LogP contribution is -2.41. The van der Waals surface area contributed by atoms with Gasteiger partial charge in [-0.15, -0.1) is 0 Å². The van der Waals surface area contributed by atoms with Gasteiger partial charge in [-0.3, -0.25) is 19.7 Å². The van der Waals surface area contributed by atoms with E-state index in [0.717, 1.165) is 25.3 Å². The van der Waals surface area contributed by atoms with Gasteiger partial charge in [0.25, 0.3) is 11.6 Å². The summed E-state index contributed by atoms with van der Waals surface area (Å²) in [5.41, 5.74) is 0.231. The molecular weight excluding hydrogens is 440 g/mol. The summed E-state index contributed by atoms with van der Waals surface area (Å²) in [6.45, 7) is 2.25. The van der Waals surface area contributed by atoms with Crippen molar-refractivity contribution in [3.8, 4) is 11.5 Å². The number of nitrogens with one attached hydrogen (secondary N) is 3. The van der Waals surface area contributed by atoms with E-state index < -0.39 is 10.8 Å². The van der Waals surface area contributed by atoms with Crippen molar-refractivity contribution in [2.75, 3.05) is 31.4 Å². The fraction of sp³-hybridized carbons (Fsp3) is 0.417. The SMILES string of the molecule is COc1ccc(NC(=O)c2cc([N+](=O)[O-])ccc2NC(=O)CN[C@@H]2CCCC[C@H]2C)c(OC)c1. The van der Waals surface area contributed by atoms with E-state index in [1.54, 1.807) is 18.2 Å². The average Bonchev–Trinajstić information content (AvgIpc) is 2.83. The highest BCUT2D eigenvalue weighted by Crippen LogP contribution is 2.31. The van der Waals surface area contributed by atoms with E-state index in [1.165, 1.54) is 32.8 Å². The molecule has 2 aromatic carbocycles. The van der Waals surface area contributed by atoms with Gasteiger partial charge < -0.3 is 25.4 Å². The molecule has 0 saturated heterocycles. The smallest absolute Gasteiger partial charge is 0.270 e. The third-order valence-electron chi connectivity index (χ3n) is 6.03. The van der Waals surface area contributed by atoms with E-state index >= 15 is 0 Å². The van der Waals surface area contributed by atoms with Crippen LogP contribution in [0.2, 0.25) is 0 Å². The molecule has 0 heterocycles. The summed E-state index contributed by atoms with van der Waals surface area (Å²) in [6.07, 6.45) is 4.47. The number of nitro groups is 1. The van der Waals surface area contributed by atoms with Gasteiger partial charge in [0.2, 0.25) is 5.91 Å². The second kappa shape index (κ2) is 11.5. The molecule has 0 unspecified atom stereocenters. The largest absolute Gasteiger partial charge is 0.497 e. The van der Waals surface area contributed by atoms with Gasteiger partial charge in [-0.05, 0) is 37.0 Å². The first-order valence-corrected chi connectivity index (χ1v) is 11.2. The van der Waals surface area contributed by atoms with Crippen molar-refractivity contribution in [3.63, 3.8) is 0 Å². The molecule has 3 N–H and O–H groups in total. The maximum Gasteiger partial charge on any atom is 0.270 e. The van der Waals surface area contributed by atoms with Crippen molar-refractivity contribution in [2.45, 2.75) is 38.6 Å². The standard InChI is InChI=1S/C24H30N4O6/c1-15-6-4-5-7-19(15)25-14-23(29)26-20-10-8-16(28(31)32)12-18(20)24(30)27-21-11-9-17(33-2)13-22(21)34-3/h8-13,15,19,25H,4-7,14H2,1-3H3,(H,26,29)(H,27,30)/t15-,19-/m1/s1. The minimum atomic E-state index is -0.628. The Hall–Kier alpha value is -3.66. The van der Waals surface area contributed by atoms with E-state index in [-0.39, 0.29) is 35.4 Å². The highest BCUT2D eigenvalue weighted by Gasteiger charge is 2.23. The number of hydrogen-bond donors (Lipinski definition) is 3. The lowest BCUT2D eigenvalue weighted by Gasteiger charge is -2.29. The minimum absolute atomic E-state index is 0.0357. The molecule has 0 spiro atoms. The van der Waals surface area contributed by atoms with E-state index in [2.05, 4.69) is 22.9 Å². The zero-order chi connectivity index (χ0) is 24.7. The highest BCUT2D eigenvalue weighted by atomic mass is 16.6. The Balaban J connectivity index is 1.77. The predicted octanol–water partition coefficient (Wildman–Crippen LogP) is 3.97. The number of carbonyl (C=O) groups is 2. The molecule has 1 fully saturated rings. The van der Waals surface area contributed by atoms with Crippen molar-refractivity contribution >= 4 is 28.9 Å². The normalized spacial score (nSPS) is 17.5. The molecule has 182 valence electrons. The van der Waals surface area contributed by atoms with E-state index in [9.17, 15) is 19.7 Å². The first-order valence-electron chi connectivity index (χ1n) is 11.2. The van der Waals surface area contributed by atoms with Gasteiger partial charge >= 0.3 is 0 Å². The van der Waals surface area contributed by atoms with Crippen molar-refractivity contribution in [3.05, 3.63) is 52.1 Å². The van der Waals surface area contributed by atoms with E-state index in [4.69, 9.17) is 9.47 Å². The summed E-state index contributed by atoms with van der Waals surface area (Å²) in [4.78, 5) is 36.4. The average molecular weight is 471 g/mol. The van der Waals surface area contributed by atoms with Crippen molar-refractivity contribution in [1.29, 1.82) is 0 Å². The van der Waals surface area contributed by atoms with Gasteiger partial charge in [-0.1, -0.05) is 19.8 Å². The number of rotatable bonds is 9. The molecule has 34 heavy (non-hydrogen) atoms. The zero-order valence-corrected chi connectivity index (χ0v) is 19.6. The number of carbonyl (C=O) groups excluding carboxylic acids is 2. The van der Waals surface area contributed by atoms with Gasteiger partial charge in [0.05, 0.1) is 42.6 Å². The topological polar surface area (TPSA) is 132 Å². The summed E-state index contributed by atoms with van der Waals surface area (Å²) >= 11 is 0. The minimum Gasteiger partial charge on any atom is -0.497 e. The number of non-ortho nitro benzene ring substituents is 1. The first-order chi connectivity index (χ1) is 16.3. The number of hydrogen-bond acceptors (Lipinski definition) is 7. The zero-order valence-electron chi connectivity index (χ0n) is 19.6.